The van der Waals surface area contributed by atoms with Gasteiger partial charge >= 0.3 is 5.97 Å². The molecule has 2 aliphatic rings. The van der Waals surface area contributed by atoms with Gasteiger partial charge in [-0.2, -0.15) is 16.1 Å². The summed E-state index contributed by atoms with van der Waals surface area (Å²) < 4.78 is 34.0. The standard InChI is InChI=1S/C24H28ClNO5S2/c1-31-18-10-6-16(7-11-18)22-14-23(32-19-4-2-3-5-19)21(24(27)28)15-26(22)33(29,30)20-12-8-17(25)9-13-20/h6-13,19,21-23H,2-5,14-15H2,1H3,(H,27,28)/t21-,22+,23-/m1/s1. The number of methoxy groups -OCH3 is 1. The lowest BCUT2D eigenvalue weighted by molar-refractivity contribution is -0.143. The summed E-state index contributed by atoms with van der Waals surface area (Å²) in [6.07, 6.45) is 4.96. The van der Waals surface area contributed by atoms with Crippen molar-refractivity contribution >= 4 is 39.4 Å². The van der Waals surface area contributed by atoms with Crippen molar-refractivity contribution in [2.45, 2.75) is 53.5 Å². The number of carboxylic acid groups (broad SMARTS) is 1. The first kappa shape index (κ1) is 24.4. The monoisotopic (exact) mass is 509 g/mol. The van der Waals surface area contributed by atoms with Crippen LogP contribution in [0.4, 0.5) is 0 Å². The average Bonchev–Trinajstić information content (AvgIpc) is 3.32. The second-order valence-electron chi connectivity index (χ2n) is 8.58. The van der Waals surface area contributed by atoms with E-state index < -0.39 is 28.0 Å². The van der Waals surface area contributed by atoms with Crippen LogP contribution in [-0.4, -0.2) is 48.0 Å². The van der Waals surface area contributed by atoms with Crippen LogP contribution in [0.1, 0.15) is 43.7 Å². The molecule has 0 aromatic heterocycles. The number of halogens is 1. The highest BCUT2D eigenvalue weighted by molar-refractivity contribution is 8.00. The van der Waals surface area contributed by atoms with Crippen LogP contribution in [0, 0.1) is 5.92 Å². The summed E-state index contributed by atoms with van der Waals surface area (Å²) in [5, 5.41) is 10.7. The molecule has 178 valence electrons. The number of carbonyl (C=O) groups is 1. The number of ether oxygens (including phenoxy) is 1. The lowest BCUT2D eigenvalue weighted by Crippen LogP contribution is -2.49. The molecular weight excluding hydrogens is 482 g/mol. The number of nitrogens with zero attached hydrogens (tertiary/aromatic N) is 1. The first-order valence-electron chi connectivity index (χ1n) is 11.1. The third kappa shape index (κ3) is 5.34. The van der Waals surface area contributed by atoms with E-state index in [4.69, 9.17) is 16.3 Å². The average molecular weight is 510 g/mol. The Hall–Kier alpha value is -1.74. The number of hydrogen-bond donors (Lipinski definition) is 1. The van der Waals surface area contributed by atoms with Gasteiger partial charge in [0, 0.05) is 22.1 Å². The Labute approximate surface area is 204 Å². The van der Waals surface area contributed by atoms with Crippen molar-refractivity contribution in [3.05, 3.63) is 59.1 Å². The zero-order chi connectivity index (χ0) is 23.6. The van der Waals surface area contributed by atoms with Crippen LogP contribution in [0.25, 0.3) is 0 Å². The molecule has 1 saturated carbocycles. The third-order valence-corrected chi connectivity index (χ3v) is 10.4. The summed E-state index contributed by atoms with van der Waals surface area (Å²) in [7, 11) is -2.36. The fraction of sp³-hybridized carbons (Fsp3) is 0.458. The zero-order valence-corrected chi connectivity index (χ0v) is 20.8. The molecule has 1 aliphatic carbocycles. The minimum atomic E-state index is -3.94. The molecule has 33 heavy (non-hydrogen) atoms. The summed E-state index contributed by atoms with van der Waals surface area (Å²) in [6.45, 7) is -0.0681. The smallest absolute Gasteiger partial charge is 0.308 e. The first-order valence-corrected chi connectivity index (χ1v) is 13.9. The Kier molecular flexibility index (Phi) is 7.58. The summed E-state index contributed by atoms with van der Waals surface area (Å²) in [4.78, 5) is 12.4. The normalized spacial score (nSPS) is 24.6. The van der Waals surface area contributed by atoms with E-state index in [9.17, 15) is 18.3 Å². The van der Waals surface area contributed by atoms with Gasteiger partial charge in [0.25, 0.3) is 0 Å². The molecule has 2 fully saturated rings. The molecule has 0 bridgehead atoms. The first-order chi connectivity index (χ1) is 15.8. The van der Waals surface area contributed by atoms with Crippen molar-refractivity contribution in [3.8, 4) is 5.75 Å². The predicted octanol–water partition coefficient (Wildman–Crippen LogP) is 5.23. The third-order valence-electron chi connectivity index (χ3n) is 6.54. The Morgan fingerprint density at radius 3 is 2.30 bits per heavy atom. The molecule has 1 saturated heterocycles. The van der Waals surface area contributed by atoms with Gasteiger partial charge in [-0.25, -0.2) is 8.42 Å². The molecule has 2 aromatic rings. The van der Waals surface area contributed by atoms with Crippen LogP contribution in [0.15, 0.2) is 53.4 Å². The molecule has 1 aliphatic heterocycles. The van der Waals surface area contributed by atoms with E-state index in [0.717, 1.165) is 18.4 Å². The molecule has 0 unspecified atom stereocenters. The van der Waals surface area contributed by atoms with Crippen molar-refractivity contribution in [2.75, 3.05) is 13.7 Å². The van der Waals surface area contributed by atoms with Gasteiger partial charge in [-0.3, -0.25) is 4.79 Å². The van der Waals surface area contributed by atoms with E-state index in [1.807, 2.05) is 24.3 Å². The maximum absolute atomic E-state index is 13.7. The molecule has 0 spiro atoms. The summed E-state index contributed by atoms with van der Waals surface area (Å²) in [5.41, 5.74) is 0.828. The Bertz CT molecular complexity index is 1070. The van der Waals surface area contributed by atoms with E-state index in [0.29, 0.717) is 22.4 Å². The Morgan fingerprint density at radius 2 is 1.73 bits per heavy atom. The molecule has 6 nitrogen and oxygen atoms in total. The quantitative estimate of drug-likeness (QED) is 0.550. The molecule has 1 heterocycles. The second kappa shape index (κ2) is 10.3. The molecular formula is C24H28ClNO5S2. The van der Waals surface area contributed by atoms with Crippen molar-refractivity contribution in [1.29, 1.82) is 0 Å². The fourth-order valence-electron chi connectivity index (χ4n) is 4.74. The van der Waals surface area contributed by atoms with Crippen LogP contribution >= 0.6 is 23.4 Å². The largest absolute Gasteiger partial charge is 0.497 e. The molecule has 3 atom stereocenters. The van der Waals surface area contributed by atoms with E-state index in [1.54, 1.807) is 18.9 Å². The van der Waals surface area contributed by atoms with Gasteiger partial charge in [-0.05, 0) is 61.2 Å². The number of rotatable bonds is 7. The lowest BCUT2D eigenvalue weighted by atomic mass is 9.90. The predicted molar refractivity (Wildman–Crippen MR) is 130 cm³/mol. The number of benzene rings is 2. The number of thioether (sulfide) groups is 1. The van der Waals surface area contributed by atoms with Gasteiger partial charge < -0.3 is 9.84 Å². The van der Waals surface area contributed by atoms with E-state index in [1.165, 1.54) is 41.4 Å². The van der Waals surface area contributed by atoms with Crippen LogP contribution in [0.3, 0.4) is 0 Å². The van der Waals surface area contributed by atoms with Gasteiger partial charge in [-0.15, -0.1) is 0 Å². The van der Waals surface area contributed by atoms with Crippen LogP contribution in [-0.2, 0) is 14.8 Å². The minimum absolute atomic E-state index is 0.0681. The van der Waals surface area contributed by atoms with Gasteiger partial charge in [0.15, 0.2) is 0 Å². The number of sulfonamides is 1. The molecule has 1 N–H and O–H groups in total. The van der Waals surface area contributed by atoms with Crippen molar-refractivity contribution < 1.29 is 23.1 Å². The number of piperidine rings is 1. The van der Waals surface area contributed by atoms with Crippen LogP contribution in [0.5, 0.6) is 5.75 Å². The van der Waals surface area contributed by atoms with Crippen LogP contribution < -0.4 is 4.74 Å². The topological polar surface area (TPSA) is 83.9 Å². The maximum Gasteiger partial charge on any atom is 0.308 e. The molecule has 4 rings (SSSR count). The van der Waals surface area contributed by atoms with Gasteiger partial charge in [0.05, 0.1) is 24.0 Å². The zero-order valence-electron chi connectivity index (χ0n) is 18.4. The summed E-state index contributed by atoms with van der Waals surface area (Å²) in [5.74, 6) is -1.04. The summed E-state index contributed by atoms with van der Waals surface area (Å²) >= 11 is 7.70. The summed E-state index contributed by atoms with van der Waals surface area (Å²) in [6, 6.07) is 12.9. The fourth-order valence-corrected chi connectivity index (χ4v) is 8.30. The van der Waals surface area contributed by atoms with Crippen molar-refractivity contribution in [2.24, 2.45) is 5.92 Å². The number of hydrogen-bond acceptors (Lipinski definition) is 5. The Balaban J connectivity index is 1.72. The van der Waals surface area contributed by atoms with E-state index in [-0.39, 0.29) is 16.7 Å². The number of aliphatic carboxylic acids is 1. The molecule has 0 radical (unpaired) electrons. The highest BCUT2D eigenvalue weighted by Gasteiger charge is 2.46. The second-order valence-corrected chi connectivity index (χ2v) is 12.5. The van der Waals surface area contributed by atoms with Crippen LogP contribution in [0.2, 0.25) is 5.02 Å². The molecule has 9 heteroatoms. The Morgan fingerprint density at radius 1 is 1.09 bits per heavy atom. The minimum Gasteiger partial charge on any atom is -0.497 e. The maximum atomic E-state index is 13.7. The highest BCUT2D eigenvalue weighted by Crippen LogP contribution is 2.45. The SMILES string of the molecule is COc1ccc([C@@H]2C[C@@H](SC3CCCC3)[C@H](C(=O)O)CN2S(=O)(=O)c2ccc(Cl)cc2)cc1. The highest BCUT2D eigenvalue weighted by atomic mass is 35.5. The molecule has 2 aromatic carbocycles. The van der Waals surface area contributed by atoms with Gasteiger partial charge in [0.1, 0.15) is 5.75 Å². The van der Waals surface area contributed by atoms with Gasteiger partial charge in [0.2, 0.25) is 10.0 Å². The lowest BCUT2D eigenvalue weighted by Gasteiger charge is -2.42. The van der Waals surface area contributed by atoms with E-state index in [2.05, 4.69) is 0 Å². The van der Waals surface area contributed by atoms with Crippen molar-refractivity contribution in [1.82, 2.24) is 4.31 Å². The van der Waals surface area contributed by atoms with E-state index >= 15 is 0 Å². The van der Waals surface area contributed by atoms with Crippen molar-refractivity contribution in [3.63, 3.8) is 0 Å². The van der Waals surface area contributed by atoms with Gasteiger partial charge in [-0.1, -0.05) is 36.6 Å². The molecule has 0 amide bonds. The number of carboxylic acids is 1.